The molecule has 0 fully saturated rings. The van der Waals surface area contributed by atoms with Gasteiger partial charge >= 0.3 is 0 Å². The third-order valence-electron chi connectivity index (χ3n) is 5.26. The highest BCUT2D eigenvalue weighted by atomic mass is 16.5. The van der Waals surface area contributed by atoms with Gasteiger partial charge in [0, 0.05) is 30.4 Å². The molecule has 3 heterocycles. The summed E-state index contributed by atoms with van der Waals surface area (Å²) < 4.78 is 5.46. The molecule has 0 bridgehead atoms. The van der Waals surface area contributed by atoms with Gasteiger partial charge in [-0.15, -0.1) is 5.10 Å². The first kappa shape index (κ1) is 15.9. The second kappa shape index (κ2) is 6.16. The Morgan fingerprint density at radius 1 is 1.19 bits per heavy atom. The summed E-state index contributed by atoms with van der Waals surface area (Å²) in [5.74, 6) is 1.34. The van der Waals surface area contributed by atoms with Gasteiger partial charge in [0.05, 0.1) is 18.0 Å². The predicted molar refractivity (Wildman–Crippen MR) is 109 cm³/mol. The normalized spacial score (nSPS) is 13.8. The number of aromatic nitrogens is 3. The number of ether oxygens (including phenoxy) is 1. The van der Waals surface area contributed by atoms with Gasteiger partial charge in [0.1, 0.15) is 5.52 Å². The maximum absolute atomic E-state index is 5.46. The lowest BCUT2D eigenvalue weighted by Gasteiger charge is -2.27. The molecule has 2 N–H and O–H groups in total. The highest BCUT2D eigenvalue weighted by molar-refractivity contribution is 6.11. The van der Waals surface area contributed by atoms with E-state index in [0.717, 1.165) is 46.3 Å². The van der Waals surface area contributed by atoms with Crippen LogP contribution in [0.25, 0.3) is 21.8 Å². The number of methoxy groups -OCH3 is 1. The van der Waals surface area contributed by atoms with E-state index in [-0.39, 0.29) is 0 Å². The number of hydrogen-bond acceptors (Lipinski definition) is 5. The quantitative estimate of drug-likeness (QED) is 0.573. The Morgan fingerprint density at radius 2 is 2.07 bits per heavy atom. The second-order valence-corrected chi connectivity index (χ2v) is 6.95. The number of benzene rings is 2. The first-order valence-corrected chi connectivity index (χ1v) is 9.16. The van der Waals surface area contributed by atoms with Crippen molar-refractivity contribution >= 4 is 39.0 Å². The van der Waals surface area contributed by atoms with Crippen LogP contribution in [0.3, 0.4) is 0 Å². The van der Waals surface area contributed by atoms with E-state index < -0.39 is 0 Å². The Bertz CT molecular complexity index is 1150. The van der Waals surface area contributed by atoms with Crippen LogP contribution in [0.2, 0.25) is 0 Å². The molecule has 1 aliphatic heterocycles. The number of anilines is 3. The van der Waals surface area contributed by atoms with Gasteiger partial charge in [0.15, 0.2) is 5.82 Å². The van der Waals surface area contributed by atoms with Gasteiger partial charge in [0.2, 0.25) is 5.88 Å². The highest BCUT2D eigenvalue weighted by Gasteiger charge is 2.17. The molecule has 0 spiro atoms. The molecule has 0 saturated heterocycles. The van der Waals surface area contributed by atoms with Crippen molar-refractivity contribution in [3.8, 4) is 5.88 Å². The number of hydrogen-bond donors (Lipinski definition) is 2. The van der Waals surface area contributed by atoms with Crippen molar-refractivity contribution in [3.05, 3.63) is 48.0 Å². The smallest absolute Gasteiger partial charge is 0.241 e. The van der Waals surface area contributed by atoms with Crippen molar-refractivity contribution in [3.63, 3.8) is 0 Å². The van der Waals surface area contributed by atoms with Gasteiger partial charge in [-0.3, -0.25) is 5.10 Å². The Hall–Kier alpha value is -3.28. The number of rotatable bonds is 3. The minimum absolute atomic E-state index is 0.582. The zero-order valence-electron chi connectivity index (χ0n) is 15.4. The van der Waals surface area contributed by atoms with Crippen LogP contribution in [-0.4, -0.2) is 35.9 Å². The van der Waals surface area contributed by atoms with E-state index in [1.54, 1.807) is 7.11 Å². The van der Waals surface area contributed by atoms with Crippen LogP contribution in [0.5, 0.6) is 5.88 Å². The Kier molecular flexibility index (Phi) is 3.63. The van der Waals surface area contributed by atoms with E-state index in [4.69, 9.17) is 9.72 Å². The van der Waals surface area contributed by atoms with E-state index in [2.05, 4.69) is 45.7 Å². The van der Waals surface area contributed by atoms with E-state index in [9.17, 15) is 0 Å². The van der Waals surface area contributed by atoms with Crippen LogP contribution in [-0.2, 0) is 6.42 Å². The molecule has 2 aromatic carbocycles. The molecule has 0 atom stereocenters. The molecule has 136 valence electrons. The third kappa shape index (κ3) is 2.56. The summed E-state index contributed by atoms with van der Waals surface area (Å²) in [6, 6.07) is 14.6. The van der Waals surface area contributed by atoms with Crippen LogP contribution >= 0.6 is 0 Å². The van der Waals surface area contributed by atoms with E-state index in [1.165, 1.54) is 17.7 Å². The number of fused-ring (bicyclic) bond motifs is 4. The summed E-state index contributed by atoms with van der Waals surface area (Å²) in [6.45, 7) is 1.11. The molecule has 2 aromatic heterocycles. The highest BCUT2D eigenvalue weighted by Crippen LogP contribution is 2.36. The van der Waals surface area contributed by atoms with Gasteiger partial charge in [-0.05, 0) is 42.7 Å². The summed E-state index contributed by atoms with van der Waals surface area (Å²) in [4.78, 5) is 7.14. The van der Waals surface area contributed by atoms with Gasteiger partial charge in [-0.25, -0.2) is 4.98 Å². The number of aryl methyl sites for hydroxylation is 1. The average Bonchev–Trinajstić information content (AvgIpc) is 3.13. The molecule has 0 saturated carbocycles. The molecule has 0 radical (unpaired) electrons. The molecule has 0 amide bonds. The number of para-hydroxylation sites is 1. The summed E-state index contributed by atoms with van der Waals surface area (Å²) in [6.07, 6.45) is 2.29. The molecule has 27 heavy (non-hydrogen) atoms. The lowest BCUT2D eigenvalue weighted by molar-refractivity contribution is 0.401. The van der Waals surface area contributed by atoms with Crippen molar-refractivity contribution in [2.75, 3.05) is 30.9 Å². The van der Waals surface area contributed by atoms with Crippen molar-refractivity contribution in [1.82, 2.24) is 15.2 Å². The fourth-order valence-electron chi connectivity index (χ4n) is 3.94. The lowest BCUT2D eigenvalue weighted by Crippen LogP contribution is -2.24. The summed E-state index contributed by atoms with van der Waals surface area (Å²) >= 11 is 0. The number of pyridine rings is 1. The predicted octanol–water partition coefficient (Wildman–Crippen LogP) is 4.25. The minimum atomic E-state index is 0.582. The standard InChI is InChI=1S/C21H21N5O/c1-26-11-5-6-13-12-14(9-10-17(13)26)22-20-19-18(21(27-2)25-24-19)15-7-3-4-8-16(15)23-20/h3-4,7-10,12H,5-6,11H2,1-2H3,(H,22,23)(H,24,25). The van der Waals surface area contributed by atoms with E-state index in [0.29, 0.717) is 5.88 Å². The molecule has 5 rings (SSSR count). The van der Waals surface area contributed by atoms with Crippen molar-refractivity contribution in [2.24, 2.45) is 0 Å². The van der Waals surface area contributed by atoms with Crippen molar-refractivity contribution in [2.45, 2.75) is 12.8 Å². The average molecular weight is 359 g/mol. The first-order valence-electron chi connectivity index (χ1n) is 9.16. The molecule has 0 aliphatic carbocycles. The molecular weight excluding hydrogens is 338 g/mol. The summed E-state index contributed by atoms with van der Waals surface area (Å²) in [7, 11) is 3.79. The first-order chi connectivity index (χ1) is 13.2. The third-order valence-corrected chi connectivity index (χ3v) is 5.26. The molecule has 6 heteroatoms. The summed E-state index contributed by atoms with van der Waals surface area (Å²) in [5.41, 5.74) is 5.46. The molecular formula is C21H21N5O. The van der Waals surface area contributed by atoms with Gasteiger partial charge in [-0.2, -0.15) is 0 Å². The second-order valence-electron chi connectivity index (χ2n) is 6.95. The molecule has 6 nitrogen and oxygen atoms in total. The van der Waals surface area contributed by atoms with Crippen LogP contribution in [0.15, 0.2) is 42.5 Å². The van der Waals surface area contributed by atoms with Crippen LogP contribution in [0.4, 0.5) is 17.2 Å². The maximum Gasteiger partial charge on any atom is 0.241 e. The lowest BCUT2D eigenvalue weighted by atomic mass is 10.0. The Balaban J connectivity index is 1.64. The number of nitrogens with zero attached hydrogens (tertiary/aromatic N) is 3. The Labute approximate surface area is 157 Å². The molecule has 4 aromatic rings. The number of H-pyrrole nitrogens is 1. The van der Waals surface area contributed by atoms with E-state index >= 15 is 0 Å². The Morgan fingerprint density at radius 3 is 2.96 bits per heavy atom. The topological polar surface area (TPSA) is 66.1 Å². The fraction of sp³-hybridized carbons (Fsp3) is 0.238. The van der Waals surface area contributed by atoms with Crippen molar-refractivity contribution in [1.29, 1.82) is 0 Å². The van der Waals surface area contributed by atoms with Crippen LogP contribution in [0.1, 0.15) is 12.0 Å². The minimum Gasteiger partial charge on any atom is -0.479 e. The zero-order valence-corrected chi connectivity index (χ0v) is 15.4. The van der Waals surface area contributed by atoms with E-state index in [1.807, 2.05) is 24.3 Å². The molecule has 0 unspecified atom stereocenters. The van der Waals surface area contributed by atoms with Crippen LogP contribution in [0, 0.1) is 0 Å². The maximum atomic E-state index is 5.46. The zero-order chi connectivity index (χ0) is 18.4. The van der Waals surface area contributed by atoms with Crippen LogP contribution < -0.4 is 15.0 Å². The fourth-order valence-corrected chi connectivity index (χ4v) is 3.94. The van der Waals surface area contributed by atoms with Gasteiger partial charge < -0.3 is 15.0 Å². The summed E-state index contributed by atoms with van der Waals surface area (Å²) in [5, 5.41) is 12.9. The number of aromatic amines is 1. The largest absolute Gasteiger partial charge is 0.479 e. The SMILES string of the molecule is COc1n[nH]c2c(Nc3ccc4c(c3)CCCN4C)nc3ccccc3c12. The van der Waals surface area contributed by atoms with Gasteiger partial charge in [0.25, 0.3) is 0 Å². The van der Waals surface area contributed by atoms with Gasteiger partial charge in [-0.1, -0.05) is 18.2 Å². The van der Waals surface area contributed by atoms with Crippen molar-refractivity contribution < 1.29 is 4.74 Å². The monoisotopic (exact) mass is 359 g/mol. The number of nitrogens with one attached hydrogen (secondary N) is 2. The molecule has 1 aliphatic rings.